The van der Waals surface area contributed by atoms with Crippen molar-refractivity contribution in [3.8, 4) is 11.6 Å². The molecule has 78 valence electrons. The lowest BCUT2D eigenvalue weighted by Crippen LogP contribution is -1.85. The summed E-state index contributed by atoms with van der Waals surface area (Å²) in [5.41, 5.74) is 1.58. The lowest BCUT2D eigenvalue weighted by molar-refractivity contribution is 0.505. The van der Waals surface area contributed by atoms with Gasteiger partial charge in [-0.25, -0.2) is 4.98 Å². The van der Waals surface area contributed by atoms with Gasteiger partial charge in [-0.05, 0) is 26.0 Å². The molecule has 0 spiro atoms. The number of hydrogen-bond donors (Lipinski definition) is 0. The van der Waals surface area contributed by atoms with Gasteiger partial charge in [0.2, 0.25) is 5.89 Å². The molecule has 0 fully saturated rings. The number of pyridine rings is 1. The van der Waals surface area contributed by atoms with Gasteiger partial charge in [0, 0.05) is 5.69 Å². The number of rotatable bonds is 2. The predicted molar refractivity (Wildman–Crippen MR) is 56.5 cm³/mol. The maximum absolute atomic E-state index is 5.82. The molecule has 0 saturated heterocycles. The number of halogens is 1. The average molecular weight is 224 g/mol. The van der Waals surface area contributed by atoms with Crippen LogP contribution in [0.5, 0.6) is 0 Å². The second kappa shape index (κ2) is 3.98. The summed E-state index contributed by atoms with van der Waals surface area (Å²) in [6, 6.07) is 5.62. The van der Waals surface area contributed by atoms with Crippen molar-refractivity contribution in [1.82, 2.24) is 15.2 Å². The zero-order valence-electron chi connectivity index (χ0n) is 8.44. The Morgan fingerprint density at radius 2 is 2.13 bits per heavy atom. The van der Waals surface area contributed by atoms with Crippen LogP contribution in [0.3, 0.4) is 0 Å². The molecule has 0 bridgehead atoms. The fourth-order valence-corrected chi connectivity index (χ4v) is 1.25. The number of nitrogens with zero attached hydrogens (tertiary/aromatic N) is 3. The highest BCUT2D eigenvalue weighted by Gasteiger charge is 2.13. The minimum atomic E-state index is -0.281. The quantitative estimate of drug-likeness (QED) is 0.735. The van der Waals surface area contributed by atoms with Gasteiger partial charge in [-0.3, -0.25) is 0 Å². The zero-order valence-corrected chi connectivity index (χ0v) is 9.19. The molecular formula is C10H10ClN3O. The first-order chi connectivity index (χ1) is 7.16. The van der Waals surface area contributed by atoms with Crippen molar-refractivity contribution >= 4 is 11.6 Å². The molecule has 1 unspecified atom stereocenters. The number of aryl methyl sites for hydroxylation is 1. The third-order valence-electron chi connectivity index (χ3n) is 1.89. The molecule has 0 saturated carbocycles. The fourth-order valence-electron chi connectivity index (χ4n) is 1.16. The summed E-state index contributed by atoms with van der Waals surface area (Å²) in [6.07, 6.45) is 0. The second-order valence-electron chi connectivity index (χ2n) is 3.23. The van der Waals surface area contributed by atoms with E-state index in [4.69, 9.17) is 16.0 Å². The van der Waals surface area contributed by atoms with Gasteiger partial charge in [0.1, 0.15) is 11.1 Å². The number of hydrogen-bond acceptors (Lipinski definition) is 4. The van der Waals surface area contributed by atoms with Crippen molar-refractivity contribution in [3.05, 3.63) is 29.8 Å². The van der Waals surface area contributed by atoms with Crippen LogP contribution < -0.4 is 0 Å². The molecule has 2 aromatic rings. The monoisotopic (exact) mass is 223 g/mol. The normalized spacial score (nSPS) is 12.7. The van der Waals surface area contributed by atoms with Gasteiger partial charge < -0.3 is 4.42 Å². The van der Waals surface area contributed by atoms with E-state index in [9.17, 15) is 0 Å². The Morgan fingerprint density at radius 3 is 2.73 bits per heavy atom. The fraction of sp³-hybridized carbons (Fsp3) is 0.300. The maximum atomic E-state index is 5.82. The zero-order chi connectivity index (χ0) is 10.8. The SMILES string of the molecule is Cc1cccc(-c2nnc(C(C)Cl)o2)n1. The Balaban J connectivity index is 2.37. The molecule has 2 heterocycles. The van der Waals surface area contributed by atoms with Gasteiger partial charge >= 0.3 is 0 Å². The first kappa shape index (κ1) is 10.1. The van der Waals surface area contributed by atoms with Gasteiger partial charge in [-0.1, -0.05) is 6.07 Å². The minimum Gasteiger partial charge on any atom is -0.418 e. The summed E-state index contributed by atoms with van der Waals surface area (Å²) < 4.78 is 5.37. The average Bonchev–Trinajstić information content (AvgIpc) is 2.66. The summed E-state index contributed by atoms with van der Waals surface area (Å²) in [7, 11) is 0. The Hall–Kier alpha value is -1.42. The minimum absolute atomic E-state index is 0.281. The third-order valence-corrected chi connectivity index (χ3v) is 2.08. The van der Waals surface area contributed by atoms with Crippen LogP contribution in [0.15, 0.2) is 22.6 Å². The van der Waals surface area contributed by atoms with Crippen molar-refractivity contribution in [2.75, 3.05) is 0 Å². The van der Waals surface area contributed by atoms with Crippen molar-refractivity contribution in [3.63, 3.8) is 0 Å². The van der Waals surface area contributed by atoms with E-state index in [1.54, 1.807) is 6.92 Å². The summed E-state index contributed by atoms with van der Waals surface area (Å²) in [6.45, 7) is 3.69. The molecule has 0 aliphatic heterocycles. The van der Waals surface area contributed by atoms with Crippen LogP contribution in [0.4, 0.5) is 0 Å². The smallest absolute Gasteiger partial charge is 0.266 e. The van der Waals surface area contributed by atoms with Gasteiger partial charge in [0.25, 0.3) is 5.89 Å². The summed E-state index contributed by atoms with van der Waals surface area (Å²) in [5.74, 6) is 0.816. The summed E-state index contributed by atoms with van der Waals surface area (Å²) in [5, 5.41) is 7.44. The molecule has 2 aromatic heterocycles. The molecule has 0 radical (unpaired) electrons. The van der Waals surface area contributed by atoms with Crippen LogP contribution in [-0.4, -0.2) is 15.2 Å². The number of aromatic nitrogens is 3. The van der Waals surface area contributed by atoms with E-state index in [-0.39, 0.29) is 5.38 Å². The van der Waals surface area contributed by atoms with Crippen molar-refractivity contribution in [2.24, 2.45) is 0 Å². The molecule has 0 aliphatic carbocycles. The molecule has 0 N–H and O–H groups in total. The topological polar surface area (TPSA) is 51.8 Å². The Morgan fingerprint density at radius 1 is 1.33 bits per heavy atom. The first-order valence-corrected chi connectivity index (χ1v) is 5.02. The Bertz CT molecular complexity index is 467. The highest BCUT2D eigenvalue weighted by molar-refractivity contribution is 6.20. The highest BCUT2D eigenvalue weighted by Crippen LogP contribution is 2.22. The van der Waals surface area contributed by atoms with Crippen molar-refractivity contribution in [1.29, 1.82) is 0 Å². The first-order valence-electron chi connectivity index (χ1n) is 4.58. The molecule has 0 amide bonds. The molecule has 4 nitrogen and oxygen atoms in total. The van der Waals surface area contributed by atoms with Crippen LogP contribution >= 0.6 is 11.6 Å². The lowest BCUT2D eigenvalue weighted by atomic mass is 10.3. The van der Waals surface area contributed by atoms with Gasteiger partial charge in [0.05, 0.1) is 0 Å². The molecule has 5 heteroatoms. The van der Waals surface area contributed by atoms with E-state index in [1.165, 1.54) is 0 Å². The highest BCUT2D eigenvalue weighted by atomic mass is 35.5. The standard InChI is InChI=1S/C10H10ClN3O/c1-6-4-3-5-8(12-6)10-14-13-9(15-10)7(2)11/h3-5,7H,1-2H3. The van der Waals surface area contributed by atoms with Crippen molar-refractivity contribution in [2.45, 2.75) is 19.2 Å². The second-order valence-corrected chi connectivity index (χ2v) is 3.88. The summed E-state index contributed by atoms with van der Waals surface area (Å²) >= 11 is 5.82. The molecule has 0 aliphatic rings. The number of alkyl halides is 1. The molecule has 15 heavy (non-hydrogen) atoms. The predicted octanol–water partition coefficient (Wildman–Crippen LogP) is 2.74. The lowest BCUT2D eigenvalue weighted by Gasteiger charge is -1.95. The largest absolute Gasteiger partial charge is 0.418 e. The van der Waals surface area contributed by atoms with Crippen LogP contribution in [0.2, 0.25) is 0 Å². The maximum Gasteiger partial charge on any atom is 0.266 e. The molecule has 2 rings (SSSR count). The summed E-state index contributed by atoms with van der Waals surface area (Å²) in [4.78, 5) is 4.28. The van der Waals surface area contributed by atoms with Crippen molar-refractivity contribution < 1.29 is 4.42 Å². The van der Waals surface area contributed by atoms with E-state index < -0.39 is 0 Å². The van der Waals surface area contributed by atoms with Crippen LogP contribution in [0.25, 0.3) is 11.6 Å². The van der Waals surface area contributed by atoms with E-state index in [2.05, 4.69) is 15.2 Å². The van der Waals surface area contributed by atoms with E-state index in [0.717, 1.165) is 5.69 Å². The molecule has 1 atom stereocenters. The van der Waals surface area contributed by atoms with E-state index in [0.29, 0.717) is 17.5 Å². The third kappa shape index (κ3) is 2.15. The van der Waals surface area contributed by atoms with Crippen LogP contribution in [-0.2, 0) is 0 Å². The molecule has 0 aromatic carbocycles. The van der Waals surface area contributed by atoms with Gasteiger partial charge in [0.15, 0.2) is 0 Å². The van der Waals surface area contributed by atoms with Gasteiger partial charge in [-0.15, -0.1) is 21.8 Å². The Kier molecular flexibility index (Phi) is 2.68. The van der Waals surface area contributed by atoms with E-state index >= 15 is 0 Å². The van der Waals surface area contributed by atoms with E-state index in [1.807, 2.05) is 25.1 Å². The van der Waals surface area contributed by atoms with Gasteiger partial charge in [-0.2, -0.15) is 0 Å². The van der Waals surface area contributed by atoms with Crippen LogP contribution in [0, 0.1) is 6.92 Å². The van der Waals surface area contributed by atoms with Crippen LogP contribution in [0.1, 0.15) is 23.9 Å². The Labute approximate surface area is 92.3 Å². The molecular weight excluding hydrogens is 214 g/mol.